The summed E-state index contributed by atoms with van der Waals surface area (Å²) in [7, 11) is 0. The van der Waals surface area contributed by atoms with Crippen LogP contribution in [0.4, 0.5) is 0 Å². The second-order valence-corrected chi connectivity index (χ2v) is 7.43. The van der Waals surface area contributed by atoms with Gasteiger partial charge in [-0.15, -0.1) is 0 Å². The van der Waals surface area contributed by atoms with E-state index in [1.54, 1.807) is 0 Å². The first-order valence-corrected chi connectivity index (χ1v) is 8.18. The highest BCUT2D eigenvalue weighted by Gasteiger charge is 2.35. The molecule has 0 aromatic carbocycles. The molecule has 0 aromatic rings. The predicted octanol–water partition coefficient (Wildman–Crippen LogP) is 2.89. The summed E-state index contributed by atoms with van der Waals surface area (Å²) in [4.78, 5) is 2.78. The Bertz CT molecular complexity index is 268. The van der Waals surface area contributed by atoms with Crippen LogP contribution in [0, 0.1) is 17.8 Å². The lowest BCUT2D eigenvalue weighted by molar-refractivity contribution is 0.0362. The van der Waals surface area contributed by atoms with Crippen molar-refractivity contribution in [3.63, 3.8) is 0 Å². The smallest absolute Gasteiger partial charge is 0.0198 e. The molecular formula is C16H30N2. The summed E-state index contributed by atoms with van der Waals surface area (Å²) in [5.41, 5.74) is 0. The number of piperidine rings is 1. The highest BCUT2D eigenvalue weighted by atomic mass is 15.2. The van der Waals surface area contributed by atoms with Crippen molar-refractivity contribution in [2.24, 2.45) is 17.8 Å². The topological polar surface area (TPSA) is 15.3 Å². The third-order valence-electron chi connectivity index (χ3n) is 5.47. The van der Waals surface area contributed by atoms with Gasteiger partial charge in [-0.05, 0) is 56.4 Å². The minimum Gasteiger partial charge on any atom is -0.312 e. The van der Waals surface area contributed by atoms with Crippen molar-refractivity contribution in [2.75, 3.05) is 19.6 Å². The largest absolute Gasteiger partial charge is 0.312 e. The van der Waals surface area contributed by atoms with Crippen LogP contribution in [0.15, 0.2) is 0 Å². The van der Waals surface area contributed by atoms with Gasteiger partial charge in [-0.3, -0.25) is 4.90 Å². The van der Waals surface area contributed by atoms with E-state index >= 15 is 0 Å². The van der Waals surface area contributed by atoms with E-state index in [9.17, 15) is 0 Å². The molecular weight excluding hydrogens is 220 g/mol. The van der Waals surface area contributed by atoms with Crippen LogP contribution in [0.25, 0.3) is 0 Å². The maximum Gasteiger partial charge on any atom is 0.0198 e. The van der Waals surface area contributed by atoms with Gasteiger partial charge in [0.05, 0.1) is 0 Å². The molecule has 3 aliphatic rings. The van der Waals surface area contributed by atoms with Crippen LogP contribution < -0.4 is 5.32 Å². The van der Waals surface area contributed by atoms with Crippen molar-refractivity contribution in [1.82, 2.24) is 10.2 Å². The molecule has 2 aliphatic carbocycles. The number of rotatable bonds is 4. The van der Waals surface area contributed by atoms with E-state index in [0.717, 1.165) is 29.8 Å². The van der Waals surface area contributed by atoms with Gasteiger partial charge >= 0.3 is 0 Å². The van der Waals surface area contributed by atoms with E-state index in [-0.39, 0.29) is 0 Å². The average molecular weight is 250 g/mol. The molecule has 1 aliphatic heterocycles. The van der Waals surface area contributed by atoms with Gasteiger partial charge < -0.3 is 5.32 Å². The Morgan fingerprint density at radius 1 is 1.00 bits per heavy atom. The number of hydrogen-bond donors (Lipinski definition) is 1. The Morgan fingerprint density at radius 2 is 1.78 bits per heavy atom. The first kappa shape index (κ1) is 12.9. The third kappa shape index (κ3) is 2.91. The van der Waals surface area contributed by atoms with Gasteiger partial charge in [0, 0.05) is 25.2 Å². The van der Waals surface area contributed by atoms with E-state index in [2.05, 4.69) is 24.1 Å². The summed E-state index contributed by atoms with van der Waals surface area (Å²) in [6.07, 6.45) is 8.70. The molecule has 1 saturated heterocycles. The first-order valence-electron chi connectivity index (χ1n) is 8.18. The van der Waals surface area contributed by atoms with Crippen LogP contribution in [0.5, 0.6) is 0 Å². The first-order chi connectivity index (χ1) is 8.70. The van der Waals surface area contributed by atoms with Gasteiger partial charge in [0.25, 0.3) is 0 Å². The molecule has 2 unspecified atom stereocenters. The normalized spacial score (nSPS) is 42.3. The lowest BCUT2D eigenvalue weighted by atomic mass is 9.79. The van der Waals surface area contributed by atoms with Crippen molar-refractivity contribution in [3.8, 4) is 0 Å². The van der Waals surface area contributed by atoms with Crippen molar-refractivity contribution < 1.29 is 0 Å². The minimum absolute atomic E-state index is 0.769. The Kier molecular flexibility index (Phi) is 3.95. The molecule has 18 heavy (non-hydrogen) atoms. The summed E-state index contributed by atoms with van der Waals surface area (Å²) < 4.78 is 0. The second-order valence-electron chi connectivity index (χ2n) is 7.43. The maximum atomic E-state index is 3.86. The highest BCUT2D eigenvalue weighted by Crippen LogP contribution is 2.34. The fraction of sp³-hybridized carbons (Fsp3) is 1.00. The quantitative estimate of drug-likeness (QED) is 0.825. The molecule has 0 amide bonds. The van der Waals surface area contributed by atoms with Crippen molar-refractivity contribution in [2.45, 2.75) is 64.5 Å². The lowest BCUT2D eigenvalue weighted by Crippen LogP contribution is -2.55. The van der Waals surface area contributed by atoms with Crippen LogP contribution >= 0.6 is 0 Å². The van der Waals surface area contributed by atoms with Gasteiger partial charge in [0.15, 0.2) is 0 Å². The highest BCUT2D eigenvalue weighted by molar-refractivity contribution is 4.91. The fourth-order valence-corrected chi connectivity index (χ4v) is 4.03. The van der Waals surface area contributed by atoms with Gasteiger partial charge in [-0.2, -0.15) is 0 Å². The van der Waals surface area contributed by atoms with E-state index in [4.69, 9.17) is 0 Å². The third-order valence-corrected chi connectivity index (χ3v) is 5.47. The van der Waals surface area contributed by atoms with Gasteiger partial charge in [-0.25, -0.2) is 0 Å². The molecule has 3 fully saturated rings. The molecule has 0 aromatic heterocycles. The molecule has 0 spiro atoms. The monoisotopic (exact) mass is 250 g/mol. The Hall–Kier alpha value is -0.0800. The van der Waals surface area contributed by atoms with Crippen LogP contribution in [0.3, 0.4) is 0 Å². The van der Waals surface area contributed by atoms with Crippen LogP contribution in [-0.4, -0.2) is 36.6 Å². The molecule has 2 saturated carbocycles. The molecule has 2 atom stereocenters. The summed E-state index contributed by atoms with van der Waals surface area (Å²) in [5.74, 6) is 2.86. The maximum absolute atomic E-state index is 3.86. The second kappa shape index (κ2) is 5.50. The van der Waals surface area contributed by atoms with E-state index in [1.165, 1.54) is 58.2 Å². The zero-order chi connectivity index (χ0) is 12.5. The fourth-order valence-electron chi connectivity index (χ4n) is 4.03. The average Bonchev–Trinajstić information content (AvgIpc) is 2.22. The number of nitrogens with one attached hydrogen (secondary N) is 1. The molecule has 104 valence electrons. The predicted molar refractivity (Wildman–Crippen MR) is 76.7 cm³/mol. The van der Waals surface area contributed by atoms with Crippen molar-refractivity contribution in [3.05, 3.63) is 0 Å². The molecule has 0 radical (unpaired) electrons. The Morgan fingerprint density at radius 3 is 2.39 bits per heavy atom. The van der Waals surface area contributed by atoms with Gasteiger partial charge in [-0.1, -0.05) is 20.3 Å². The van der Waals surface area contributed by atoms with E-state index < -0.39 is 0 Å². The SMILES string of the molecule is CC1CC(N2CC(C)CC(NCC3CCC3)C2)C1. The van der Waals surface area contributed by atoms with Gasteiger partial charge in [0.1, 0.15) is 0 Å². The molecule has 2 heteroatoms. The number of likely N-dealkylation sites (tertiary alicyclic amines) is 1. The zero-order valence-corrected chi connectivity index (χ0v) is 12.2. The zero-order valence-electron chi connectivity index (χ0n) is 12.2. The number of nitrogens with zero attached hydrogens (tertiary/aromatic N) is 1. The van der Waals surface area contributed by atoms with E-state index in [1.807, 2.05) is 0 Å². The van der Waals surface area contributed by atoms with Crippen LogP contribution in [0.1, 0.15) is 52.4 Å². The summed E-state index contributed by atoms with van der Waals surface area (Å²) >= 11 is 0. The number of hydrogen-bond acceptors (Lipinski definition) is 2. The molecule has 3 rings (SSSR count). The molecule has 1 N–H and O–H groups in total. The van der Waals surface area contributed by atoms with Crippen molar-refractivity contribution in [1.29, 1.82) is 0 Å². The standard InChI is InChI=1S/C16H30N2/c1-12-7-16(8-12)18-10-13(2)6-15(11-18)17-9-14-4-3-5-14/h12-17H,3-11H2,1-2H3. The lowest BCUT2D eigenvalue weighted by Gasteiger charge is -2.47. The van der Waals surface area contributed by atoms with Crippen molar-refractivity contribution >= 4 is 0 Å². The molecule has 0 bridgehead atoms. The van der Waals surface area contributed by atoms with Gasteiger partial charge in [0.2, 0.25) is 0 Å². The Balaban J connectivity index is 1.45. The summed E-state index contributed by atoms with van der Waals surface area (Å²) in [6.45, 7) is 8.78. The Labute approximate surface area is 113 Å². The van der Waals surface area contributed by atoms with Crippen LogP contribution in [-0.2, 0) is 0 Å². The van der Waals surface area contributed by atoms with Crippen LogP contribution in [0.2, 0.25) is 0 Å². The minimum atomic E-state index is 0.769. The molecule has 1 heterocycles. The van der Waals surface area contributed by atoms with E-state index in [0.29, 0.717) is 0 Å². The summed E-state index contributed by atoms with van der Waals surface area (Å²) in [5, 5.41) is 3.86. The summed E-state index contributed by atoms with van der Waals surface area (Å²) in [6, 6.07) is 1.68. The molecule has 2 nitrogen and oxygen atoms in total.